The summed E-state index contributed by atoms with van der Waals surface area (Å²) in [4.78, 5) is 10.4. The minimum atomic E-state index is -0.446. The van der Waals surface area contributed by atoms with Gasteiger partial charge in [-0.05, 0) is 12.8 Å². The van der Waals surface area contributed by atoms with Gasteiger partial charge in [-0.1, -0.05) is 6.42 Å². The van der Waals surface area contributed by atoms with Crippen molar-refractivity contribution in [2.24, 2.45) is 5.92 Å². The summed E-state index contributed by atoms with van der Waals surface area (Å²) in [6.07, 6.45) is 2.59. The van der Waals surface area contributed by atoms with Crippen LogP contribution in [0.3, 0.4) is 0 Å². The molecular formula is C13H18N2O4. The monoisotopic (exact) mass is 266 g/mol. The van der Waals surface area contributed by atoms with Gasteiger partial charge in [-0.25, -0.2) is 0 Å². The Morgan fingerprint density at radius 1 is 1.47 bits per heavy atom. The van der Waals surface area contributed by atoms with E-state index in [1.165, 1.54) is 19.2 Å². The van der Waals surface area contributed by atoms with Crippen LogP contribution in [0, 0.1) is 16.0 Å². The summed E-state index contributed by atoms with van der Waals surface area (Å²) in [7, 11) is 1.48. The largest absolute Gasteiger partial charge is 0.496 e. The predicted molar refractivity (Wildman–Crippen MR) is 71.5 cm³/mol. The standard InChI is InChI=1S/C13H18N2O4/c1-19-12-6-10(5-11(7-12)15(17)18)14-8-9-3-2-4-13(9)16/h5-7,9,13-14,16H,2-4,8H2,1H3. The molecule has 6 heteroatoms. The molecule has 1 aliphatic rings. The number of nitrogens with zero attached hydrogens (tertiary/aromatic N) is 1. The van der Waals surface area contributed by atoms with E-state index in [9.17, 15) is 15.2 Å². The van der Waals surface area contributed by atoms with Crippen molar-refractivity contribution >= 4 is 11.4 Å². The van der Waals surface area contributed by atoms with Crippen molar-refractivity contribution in [2.75, 3.05) is 19.0 Å². The van der Waals surface area contributed by atoms with E-state index in [1.807, 2.05) is 0 Å². The molecule has 0 saturated heterocycles. The first-order valence-corrected chi connectivity index (χ1v) is 6.35. The molecule has 0 bridgehead atoms. The minimum absolute atomic E-state index is 0.00572. The van der Waals surface area contributed by atoms with Gasteiger partial charge in [0, 0.05) is 30.3 Å². The Morgan fingerprint density at radius 3 is 2.84 bits per heavy atom. The summed E-state index contributed by atoms with van der Waals surface area (Å²) in [6, 6.07) is 4.58. The molecule has 1 aromatic rings. The third kappa shape index (κ3) is 3.35. The topological polar surface area (TPSA) is 84.6 Å². The average molecular weight is 266 g/mol. The van der Waals surface area contributed by atoms with Crippen LogP contribution in [0.15, 0.2) is 18.2 Å². The minimum Gasteiger partial charge on any atom is -0.496 e. The number of methoxy groups -OCH3 is 1. The number of nitrogens with one attached hydrogen (secondary N) is 1. The molecule has 2 atom stereocenters. The number of benzene rings is 1. The normalized spacial score (nSPS) is 22.2. The highest BCUT2D eigenvalue weighted by atomic mass is 16.6. The quantitative estimate of drug-likeness (QED) is 0.630. The number of hydrogen-bond donors (Lipinski definition) is 2. The number of nitro benzene ring substituents is 1. The zero-order valence-corrected chi connectivity index (χ0v) is 10.8. The average Bonchev–Trinajstić information content (AvgIpc) is 2.81. The Hall–Kier alpha value is -1.82. The first kappa shape index (κ1) is 13.6. The van der Waals surface area contributed by atoms with Crippen molar-refractivity contribution in [3.05, 3.63) is 28.3 Å². The molecule has 2 N–H and O–H groups in total. The third-order valence-corrected chi connectivity index (χ3v) is 3.53. The van der Waals surface area contributed by atoms with Crippen LogP contribution >= 0.6 is 0 Å². The van der Waals surface area contributed by atoms with Crippen molar-refractivity contribution in [3.8, 4) is 5.75 Å². The highest BCUT2D eigenvalue weighted by Gasteiger charge is 2.24. The molecule has 104 valence electrons. The smallest absolute Gasteiger partial charge is 0.275 e. The second-order valence-corrected chi connectivity index (χ2v) is 4.82. The maximum atomic E-state index is 10.8. The number of non-ortho nitro benzene ring substituents is 1. The Bertz CT molecular complexity index is 464. The van der Waals surface area contributed by atoms with Crippen molar-refractivity contribution in [1.82, 2.24) is 0 Å². The number of hydrogen-bond acceptors (Lipinski definition) is 5. The van der Waals surface area contributed by atoms with E-state index in [0.717, 1.165) is 19.3 Å². The molecule has 0 aliphatic heterocycles. The fourth-order valence-corrected chi connectivity index (χ4v) is 2.41. The van der Waals surface area contributed by atoms with Gasteiger partial charge < -0.3 is 15.2 Å². The maximum Gasteiger partial charge on any atom is 0.275 e. The molecule has 19 heavy (non-hydrogen) atoms. The van der Waals surface area contributed by atoms with Gasteiger partial charge in [-0.15, -0.1) is 0 Å². The summed E-state index contributed by atoms with van der Waals surface area (Å²) < 4.78 is 5.04. The van der Waals surface area contributed by atoms with Crippen LogP contribution in [0.4, 0.5) is 11.4 Å². The molecule has 0 radical (unpaired) electrons. The highest BCUT2D eigenvalue weighted by Crippen LogP contribution is 2.28. The second kappa shape index (κ2) is 5.88. The molecule has 1 fully saturated rings. The molecule has 1 aliphatic carbocycles. The zero-order valence-electron chi connectivity index (χ0n) is 10.8. The van der Waals surface area contributed by atoms with Gasteiger partial charge in [0.1, 0.15) is 5.75 Å². The summed E-state index contributed by atoms with van der Waals surface area (Å²) in [5, 5.41) is 23.7. The molecule has 0 heterocycles. The number of nitro groups is 1. The van der Waals surface area contributed by atoms with Gasteiger partial charge in [0.05, 0.1) is 24.2 Å². The van der Waals surface area contributed by atoms with Crippen LogP contribution in [0.25, 0.3) is 0 Å². The number of rotatable bonds is 5. The van der Waals surface area contributed by atoms with Gasteiger partial charge in [0.25, 0.3) is 5.69 Å². The summed E-state index contributed by atoms with van der Waals surface area (Å²) in [5.41, 5.74) is 0.638. The van der Waals surface area contributed by atoms with E-state index >= 15 is 0 Å². The van der Waals surface area contributed by atoms with E-state index in [4.69, 9.17) is 4.74 Å². The molecule has 6 nitrogen and oxygen atoms in total. The number of anilines is 1. The second-order valence-electron chi connectivity index (χ2n) is 4.82. The van der Waals surface area contributed by atoms with Gasteiger partial charge in [0.2, 0.25) is 0 Å². The molecule has 2 unspecified atom stereocenters. The van der Waals surface area contributed by atoms with Crippen molar-refractivity contribution in [2.45, 2.75) is 25.4 Å². The number of aliphatic hydroxyl groups is 1. The van der Waals surface area contributed by atoms with Gasteiger partial charge in [-0.3, -0.25) is 10.1 Å². The van der Waals surface area contributed by atoms with Crippen molar-refractivity contribution < 1.29 is 14.8 Å². The fourth-order valence-electron chi connectivity index (χ4n) is 2.41. The molecule has 1 aromatic carbocycles. The van der Waals surface area contributed by atoms with E-state index in [0.29, 0.717) is 18.0 Å². The molecule has 0 spiro atoms. The van der Waals surface area contributed by atoms with Crippen LogP contribution < -0.4 is 10.1 Å². The summed E-state index contributed by atoms with van der Waals surface area (Å²) >= 11 is 0. The van der Waals surface area contributed by atoms with Crippen LogP contribution in [0.1, 0.15) is 19.3 Å². The molecule has 1 saturated carbocycles. The summed E-state index contributed by atoms with van der Waals surface area (Å²) in [5.74, 6) is 0.661. The van der Waals surface area contributed by atoms with Crippen LogP contribution in [-0.2, 0) is 0 Å². The van der Waals surface area contributed by atoms with Gasteiger partial charge in [-0.2, -0.15) is 0 Å². The Kier molecular flexibility index (Phi) is 4.21. The zero-order chi connectivity index (χ0) is 13.8. The Labute approximate surface area is 111 Å². The van der Waals surface area contributed by atoms with Crippen molar-refractivity contribution in [3.63, 3.8) is 0 Å². The Morgan fingerprint density at radius 2 is 2.26 bits per heavy atom. The predicted octanol–water partition coefficient (Wildman–Crippen LogP) is 2.18. The van der Waals surface area contributed by atoms with Crippen molar-refractivity contribution in [1.29, 1.82) is 0 Å². The van der Waals surface area contributed by atoms with E-state index in [1.54, 1.807) is 6.07 Å². The van der Waals surface area contributed by atoms with Crippen LogP contribution in [-0.4, -0.2) is 29.8 Å². The van der Waals surface area contributed by atoms with Gasteiger partial charge in [0.15, 0.2) is 0 Å². The first-order chi connectivity index (χ1) is 9.10. The van der Waals surface area contributed by atoms with E-state index in [-0.39, 0.29) is 17.7 Å². The third-order valence-electron chi connectivity index (χ3n) is 3.53. The SMILES string of the molecule is COc1cc(NCC2CCCC2O)cc([N+](=O)[O-])c1. The molecule has 2 rings (SSSR count). The number of ether oxygens (including phenoxy) is 1. The number of aliphatic hydroxyl groups excluding tert-OH is 1. The lowest BCUT2D eigenvalue weighted by Crippen LogP contribution is -2.21. The first-order valence-electron chi connectivity index (χ1n) is 6.35. The summed E-state index contributed by atoms with van der Waals surface area (Å²) in [6.45, 7) is 0.617. The van der Waals surface area contributed by atoms with Crippen LogP contribution in [0.5, 0.6) is 5.75 Å². The van der Waals surface area contributed by atoms with Gasteiger partial charge >= 0.3 is 0 Å². The maximum absolute atomic E-state index is 10.8. The Balaban J connectivity index is 2.06. The van der Waals surface area contributed by atoms with E-state index in [2.05, 4.69) is 5.32 Å². The molecule has 0 amide bonds. The van der Waals surface area contributed by atoms with Crippen LogP contribution in [0.2, 0.25) is 0 Å². The highest BCUT2D eigenvalue weighted by molar-refractivity contribution is 5.56. The molecule has 0 aromatic heterocycles. The lowest BCUT2D eigenvalue weighted by molar-refractivity contribution is -0.384. The van der Waals surface area contributed by atoms with E-state index < -0.39 is 4.92 Å². The lowest BCUT2D eigenvalue weighted by atomic mass is 10.1. The molecular weight excluding hydrogens is 248 g/mol. The lowest BCUT2D eigenvalue weighted by Gasteiger charge is -2.16. The fraction of sp³-hybridized carbons (Fsp3) is 0.538.